The molecule has 0 heterocycles. The Labute approximate surface area is 187 Å². The Balaban J connectivity index is 1.80. The van der Waals surface area contributed by atoms with E-state index >= 15 is 0 Å². The first-order valence-corrected chi connectivity index (χ1v) is 11.0. The van der Waals surface area contributed by atoms with Crippen LogP contribution in [0.3, 0.4) is 0 Å². The van der Waals surface area contributed by atoms with Crippen LogP contribution >= 0.6 is 0 Å². The quantitative estimate of drug-likeness (QED) is 0.321. The van der Waals surface area contributed by atoms with E-state index in [1.54, 1.807) is 24.3 Å². The van der Waals surface area contributed by atoms with Crippen molar-refractivity contribution in [1.82, 2.24) is 0 Å². The summed E-state index contributed by atoms with van der Waals surface area (Å²) in [5, 5.41) is 10.8. The third-order valence-corrected chi connectivity index (χ3v) is 6.08. The van der Waals surface area contributed by atoms with Crippen molar-refractivity contribution in [1.29, 1.82) is 0 Å². The van der Waals surface area contributed by atoms with E-state index in [1.807, 2.05) is 6.07 Å². The standard InChI is InChI=1S/C25H29NO6/c1-16(2)21-14-9-17(3)15-22(21)31-25(28)23(18-7-5-4-6-8-18)32-24(27)19-10-12-20(13-11-19)26(29)30/h4-8,10-13,16-17,21-23H,9,14-15H2,1-3H3/t17-,21+,22-,23-/m1/s1. The number of non-ortho nitro benzene ring substituents is 1. The number of esters is 2. The summed E-state index contributed by atoms with van der Waals surface area (Å²) in [6.45, 7) is 6.41. The van der Waals surface area contributed by atoms with Crippen molar-refractivity contribution < 1.29 is 24.0 Å². The molecular formula is C25H29NO6. The molecule has 3 rings (SSSR count). The fourth-order valence-corrected chi connectivity index (χ4v) is 4.24. The van der Waals surface area contributed by atoms with Crippen LogP contribution in [0.1, 0.15) is 62.1 Å². The van der Waals surface area contributed by atoms with Gasteiger partial charge >= 0.3 is 11.9 Å². The highest BCUT2D eigenvalue weighted by Gasteiger charge is 2.36. The molecular weight excluding hydrogens is 410 g/mol. The Morgan fingerprint density at radius 3 is 2.28 bits per heavy atom. The van der Waals surface area contributed by atoms with E-state index in [2.05, 4.69) is 20.8 Å². The van der Waals surface area contributed by atoms with E-state index in [1.165, 1.54) is 24.3 Å². The second kappa shape index (κ2) is 10.4. The van der Waals surface area contributed by atoms with Crippen molar-refractivity contribution in [2.24, 2.45) is 17.8 Å². The van der Waals surface area contributed by atoms with Crippen molar-refractivity contribution in [3.63, 3.8) is 0 Å². The molecule has 1 fully saturated rings. The Morgan fingerprint density at radius 2 is 1.69 bits per heavy atom. The topological polar surface area (TPSA) is 95.7 Å². The van der Waals surface area contributed by atoms with Gasteiger partial charge in [-0.3, -0.25) is 10.1 Å². The summed E-state index contributed by atoms with van der Waals surface area (Å²) in [6, 6.07) is 13.8. The molecule has 1 saturated carbocycles. The van der Waals surface area contributed by atoms with E-state index in [9.17, 15) is 19.7 Å². The van der Waals surface area contributed by atoms with Gasteiger partial charge in [0.25, 0.3) is 5.69 Å². The highest BCUT2D eigenvalue weighted by atomic mass is 16.6. The summed E-state index contributed by atoms with van der Waals surface area (Å²) >= 11 is 0. The maximum atomic E-state index is 13.2. The largest absolute Gasteiger partial charge is 0.459 e. The van der Waals surface area contributed by atoms with Gasteiger partial charge in [0.05, 0.1) is 10.5 Å². The van der Waals surface area contributed by atoms with Crippen LogP contribution in [0.15, 0.2) is 54.6 Å². The predicted molar refractivity (Wildman–Crippen MR) is 119 cm³/mol. The molecule has 7 nitrogen and oxygen atoms in total. The molecule has 2 aromatic rings. The third kappa shape index (κ3) is 5.72. The zero-order chi connectivity index (χ0) is 23.3. The zero-order valence-corrected chi connectivity index (χ0v) is 18.6. The number of benzene rings is 2. The zero-order valence-electron chi connectivity index (χ0n) is 18.6. The van der Waals surface area contributed by atoms with Gasteiger partial charge in [-0.2, -0.15) is 0 Å². The van der Waals surface area contributed by atoms with Gasteiger partial charge in [-0.25, -0.2) is 9.59 Å². The number of hydrogen-bond donors (Lipinski definition) is 0. The molecule has 7 heteroatoms. The second-order valence-corrected chi connectivity index (χ2v) is 8.80. The molecule has 0 spiro atoms. The van der Waals surface area contributed by atoms with Crippen LogP contribution in [0.2, 0.25) is 0 Å². The number of rotatable bonds is 7. The Morgan fingerprint density at radius 1 is 1.03 bits per heavy atom. The monoisotopic (exact) mass is 439 g/mol. The summed E-state index contributed by atoms with van der Waals surface area (Å²) in [6.07, 6.45) is 1.44. The number of hydrogen-bond acceptors (Lipinski definition) is 6. The molecule has 0 bridgehead atoms. The molecule has 1 aliphatic rings. The van der Waals surface area contributed by atoms with Crippen LogP contribution in [-0.2, 0) is 14.3 Å². The summed E-state index contributed by atoms with van der Waals surface area (Å²) in [5.41, 5.74) is 0.500. The van der Waals surface area contributed by atoms with Gasteiger partial charge in [-0.05, 0) is 42.7 Å². The predicted octanol–water partition coefficient (Wildman–Crippen LogP) is 5.50. The Hall–Kier alpha value is -3.22. The van der Waals surface area contributed by atoms with Crippen LogP contribution in [-0.4, -0.2) is 23.0 Å². The van der Waals surface area contributed by atoms with E-state index in [0.717, 1.165) is 19.3 Å². The molecule has 0 radical (unpaired) electrons. The lowest BCUT2D eigenvalue weighted by molar-refractivity contribution is -0.384. The Bertz CT molecular complexity index is 941. The lowest BCUT2D eigenvalue weighted by Crippen LogP contribution is -2.37. The molecule has 32 heavy (non-hydrogen) atoms. The van der Waals surface area contributed by atoms with Gasteiger partial charge in [-0.15, -0.1) is 0 Å². The lowest BCUT2D eigenvalue weighted by atomic mass is 9.75. The van der Waals surface area contributed by atoms with Crippen LogP contribution in [0.25, 0.3) is 0 Å². The first-order chi connectivity index (χ1) is 15.3. The van der Waals surface area contributed by atoms with Crippen molar-refractivity contribution in [2.45, 2.75) is 52.2 Å². The third-order valence-electron chi connectivity index (χ3n) is 6.08. The van der Waals surface area contributed by atoms with Gasteiger partial charge in [0, 0.05) is 17.7 Å². The van der Waals surface area contributed by atoms with Crippen molar-refractivity contribution in [2.75, 3.05) is 0 Å². The first kappa shape index (κ1) is 23.4. The molecule has 0 aliphatic heterocycles. The van der Waals surface area contributed by atoms with Crippen molar-refractivity contribution in [3.05, 3.63) is 75.8 Å². The van der Waals surface area contributed by atoms with Crippen LogP contribution in [0.5, 0.6) is 0 Å². The summed E-state index contributed by atoms with van der Waals surface area (Å²) < 4.78 is 11.5. The molecule has 0 aromatic heterocycles. The smallest absolute Gasteiger partial charge is 0.352 e. The van der Waals surface area contributed by atoms with E-state index in [4.69, 9.17) is 9.47 Å². The van der Waals surface area contributed by atoms with Crippen LogP contribution in [0.4, 0.5) is 5.69 Å². The van der Waals surface area contributed by atoms with Crippen molar-refractivity contribution in [3.8, 4) is 0 Å². The van der Waals surface area contributed by atoms with Gasteiger partial charge in [0.15, 0.2) is 0 Å². The average molecular weight is 440 g/mol. The minimum absolute atomic E-state index is 0.121. The molecule has 2 aromatic carbocycles. The fourth-order valence-electron chi connectivity index (χ4n) is 4.24. The highest BCUT2D eigenvalue weighted by Crippen LogP contribution is 2.36. The summed E-state index contributed by atoms with van der Waals surface area (Å²) in [7, 11) is 0. The Kier molecular flexibility index (Phi) is 7.62. The molecule has 0 N–H and O–H groups in total. The number of nitrogens with zero attached hydrogens (tertiary/aromatic N) is 1. The molecule has 0 amide bonds. The first-order valence-electron chi connectivity index (χ1n) is 11.0. The number of nitro benzene ring substituents is 1. The normalized spacial score (nSPS) is 21.6. The molecule has 4 atom stereocenters. The van der Waals surface area contributed by atoms with E-state index in [0.29, 0.717) is 17.4 Å². The summed E-state index contributed by atoms with van der Waals surface area (Å²) in [4.78, 5) is 36.2. The number of ether oxygens (including phenoxy) is 2. The van der Waals surface area contributed by atoms with E-state index < -0.39 is 23.0 Å². The fraction of sp³-hybridized carbons (Fsp3) is 0.440. The molecule has 1 aliphatic carbocycles. The minimum Gasteiger partial charge on any atom is -0.459 e. The molecule has 0 unspecified atom stereocenters. The van der Waals surface area contributed by atoms with Gasteiger partial charge in [0.2, 0.25) is 6.10 Å². The number of carbonyl (C=O) groups is 2. The number of nitro groups is 1. The van der Waals surface area contributed by atoms with E-state index in [-0.39, 0.29) is 23.3 Å². The maximum absolute atomic E-state index is 13.2. The SMILES string of the molecule is CC(C)[C@@H]1CC[C@@H](C)C[C@H]1OC(=O)[C@H](OC(=O)c1ccc([N+](=O)[O-])cc1)c1ccccc1. The van der Waals surface area contributed by atoms with Gasteiger partial charge in [0.1, 0.15) is 6.10 Å². The van der Waals surface area contributed by atoms with Crippen molar-refractivity contribution >= 4 is 17.6 Å². The lowest BCUT2D eigenvalue weighted by Gasteiger charge is -2.37. The van der Waals surface area contributed by atoms with Gasteiger partial charge < -0.3 is 9.47 Å². The average Bonchev–Trinajstić information content (AvgIpc) is 2.77. The maximum Gasteiger partial charge on any atom is 0.352 e. The highest BCUT2D eigenvalue weighted by molar-refractivity contribution is 5.92. The second-order valence-electron chi connectivity index (χ2n) is 8.80. The minimum atomic E-state index is -1.22. The number of carbonyl (C=O) groups excluding carboxylic acids is 2. The van der Waals surface area contributed by atoms with Crippen LogP contribution in [0, 0.1) is 27.9 Å². The van der Waals surface area contributed by atoms with Gasteiger partial charge in [-0.1, -0.05) is 57.5 Å². The summed E-state index contributed by atoms with van der Waals surface area (Å²) in [5.74, 6) is -0.255. The molecule has 0 saturated heterocycles. The van der Waals surface area contributed by atoms with Crippen LogP contribution < -0.4 is 0 Å². The molecule has 170 valence electrons.